The minimum atomic E-state index is -0.190. The van der Waals surface area contributed by atoms with Gasteiger partial charge in [0.05, 0.1) is 0 Å². The van der Waals surface area contributed by atoms with Gasteiger partial charge in [-0.3, -0.25) is 0 Å². The van der Waals surface area contributed by atoms with E-state index in [-0.39, 0.29) is 6.09 Å². The molecule has 4 heteroatoms. The van der Waals surface area contributed by atoms with Crippen LogP contribution in [0, 0.1) is 17.8 Å². The Morgan fingerprint density at radius 3 is 2.64 bits per heavy atom. The molecule has 1 aliphatic carbocycles. The molecule has 1 aromatic carbocycles. The predicted octanol–water partition coefficient (Wildman–Crippen LogP) is 3.05. The molecule has 1 aromatic rings. The molecule has 22 heavy (non-hydrogen) atoms. The predicted molar refractivity (Wildman–Crippen MR) is 84.2 cm³/mol. The molecule has 1 unspecified atom stereocenters. The van der Waals surface area contributed by atoms with E-state index in [9.17, 15) is 4.79 Å². The first-order chi connectivity index (χ1) is 10.8. The Hall–Kier alpha value is -1.55. The first-order valence-electron chi connectivity index (χ1n) is 8.34. The number of carbonyl (C=O) groups excluding carboxylic acids is 1. The van der Waals surface area contributed by atoms with Crippen LogP contribution in [-0.4, -0.2) is 35.8 Å². The maximum absolute atomic E-state index is 12.1. The zero-order valence-electron chi connectivity index (χ0n) is 13.0. The van der Waals surface area contributed by atoms with Crippen LogP contribution in [-0.2, 0) is 11.3 Å². The first kappa shape index (κ1) is 15.3. The van der Waals surface area contributed by atoms with Gasteiger partial charge in [0.2, 0.25) is 0 Å². The number of amides is 1. The highest BCUT2D eigenvalue weighted by Crippen LogP contribution is 2.49. The summed E-state index contributed by atoms with van der Waals surface area (Å²) in [6.07, 6.45) is 4.18. The minimum absolute atomic E-state index is 0.190. The minimum Gasteiger partial charge on any atom is -0.445 e. The molecule has 1 aliphatic heterocycles. The summed E-state index contributed by atoms with van der Waals surface area (Å²) >= 11 is 0. The van der Waals surface area contributed by atoms with Crippen LogP contribution in [0.5, 0.6) is 0 Å². The van der Waals surface area contributed by atoms with E-state index in [1.807, 2.05) is 35.2 Å². The summed E-state index contributed by atoms with van der Waals surface area (Å²) in [7, 11) is 0. The van der Waals surface area contributed by atoms with Gasteiger partial charge < -0.3 is 14.7 Å². The van der Waals surface area contributed by atoms with Gasteiger partial charge >= 0.3 is 6.09 Å². The molecular weight excluding hydrogens is 278 g/mol. The van der Waals surface area contributed by atoms with Gasteiger partial charge in [-0.15, -0.1) is 0 Å². The molecule has 1 N–H and O–H groups in total. The summed E-state index contributed by atoms with van der Waals surface area (Å²) in [5, 5.41) is 8.99. The van der Waals surface area contributed by atoms with E-state index < -0.39 is 0 Å². The van der Waals surface area contributed by atoms with Crippen molar-refractivity contribution in [3.8, 4) is 0 Å². The fourth-order valence-corrected chi connectivity index (χ4v) is 3.67. The molecular formula is C18H25NO3. The molecule has 4 nitrogen and oxygen atoms in total. The number of likely N-dealkylation sites (tertiary alicyclic amines) is 1. The molecule has 1 saturated heterocycles. The Labute approximate surface area is 132 Å². The maximum atomic E-state index is 12.1. The van der Waals surface area contributed by atoms with Crippen LogP contribution < -0.4 is 0 Å². The van der Waals surface area contributed by atoms with Crippen molar-refractivity contribution in [2.75, 3.05) is 19.7 Å². The number of aliphatic hydroxyl groups excluding tert-OH is 1. The molecule has 2 atom stereocenters. The van der Waals surface area contributed by atoms with E-state index in [4.69, 9.17) is 9.84 Å². The van der Waals surface area contributed by atoms with Crippen LogP contribution in [0.25, 0.3) is 0 Å². The Kier molecular flexibility index (Phi) is 4.98. The highest BCUT2D eigenvalue weighted by atomic mass is 16.6. The first-order valence-corrected chi connectivity index (χ1v) is 8.34. The van der Waals surface area contributed by atoms with Gasteiger partial charge in [0.15, 0.2) is 0 Å². The van der Waals surface area contributed by atoms with Crippen molar-refractivity contribution < 1.29 is 14.6 Å². The van der Waals surface area contributed by atoms with Crippen LogP contribution in [0.15, 0.2) is 30.3 Å². The third kappa shape index (κ3) is 3.80. The number of nitrogens with zero attached hydrogens (tertiary/aromatic N) is 1. The van der Waals surface area contributed by atoms with E-state index in [1.54, 1.807) is 0 Å². The zero-order valence-corrected chi connectivity index (χ0v) is 13.0. The molecule has 0 radical (unpaired) electrons. The van der Waals surface area contributed by atoms with Crippen molar-refractivity contribution in [1.82, 2.24) is 4.90 Å². The van der Waals surface area contributed by atoms with Crippen LogP contribution in [0.2, 0.25) is 0 Å². The molecule has 1 saturated carbocycles. The third-order valence-corrected chi connectivity index (χ3v) is 5.09. The second-order valence-electron chi connectivity index (χ2n) is 6.54. The number of carbonyl (C=O) groups is 1. The standard InChI is InChI=1S/C18H25NO3/c20-11-8-16-12-17(16)15-6-9-19(10-7-15)18(21)22-13-14-4-2-1-3-5-14/h1-5,15-17,20H,6-13H2/t16-,17?/m1/s1. The molecule has 2 aliphatic rings. The lowest BCUT2D eigenvalue weighted by atomic mass is 9.91. The van der Waals surface area contributed by atoms with Gasteiger partial charge in [0, 0.05) is 19.7 Å². The van der Waals surface area contributed by atoms with Crippen molar-refractivity contribution in [2.45, 2.75) is 32.3 Å². The number of aliphatic hydroxyl groups is 1. The molecule has 120 valence electrons. The molecule has 3 rings (SSSR count). The Bertz CT molecular complexity index is 482. The summed E-state index contributed by atoms with van der Waals surface area (Å²) in [6.45, 7) is 2.27. The van der Waals surface area contributed by atoms with Gasteiger partial charge in [-0.05, 0) is 49.0 Å². The third-order valence-electron chi connectivity index (χ3n) is 5.09. The van der Waals surface area contributed by atoms with Crippen molar-refractivity contribution in [1.29, 1.82) is 0 Å². The smallest absolute Gasteiger partial charge is 0.410 e. The molecule has 2 fully saturated rings. The number of hydrogen-bond donors (Lipinski definition) is 1. The fraction of sp³-hybridized carbons (Fsp3) is 0.611. The summed E-state index contributed by atoms with van der Waals surface area (Å²) in [4.78, 5) is 13.9. The van der Waals surface area contributed by atoms with E-state index in [0.717, 1.165) is 55.7 Å². The second-order valence-corrected chi connectivity index (χ2v) is 6.54. The summed E-state index contributed by atoms with van der Waals surface area (Å²) < 4.78 is 5.39. The van der Waals surface area contributed by atoms with E-state index >= 15 is 0 Å². The lowest BCUT2D eigenvalue weighted by Gasteiger charge is -2.31. The van der Waals surface area contributed by atoms with Crippen LogP contribution in [0.4, 0.5) is 4.79 Å². The molecule has 1 amide bonds. The van der Waals surface area contributed by atoms with Crippen molar-refractivity contribution in [3.05, 3.63) is 35.9 Å². The summed E-state index contributed by atoms with van der Waals surface area (Å²) in [6, 6.07) is 9.79. The van der Waals surface area contributed by atoms with Gasteiger partial charge in [0.25, 0.3) is 0 Å². The van der Waals surface area contributed by atoms with Crippen LogP contribution in [0.1, 0.15) is 31.2 Å². The highest BCUT2D eigenvalue weighted by molar-refractivity contribution is 5.67. The van der Waals surface area contributed by atoms with Crippen molar-refractivity contribution in [3.63, 3.8) is 0 Å². The molecule has 0 bridgehead atoms. The number of benzene rings is 1. The SMILES string of the molecule is O=C(OCc1ccccc1)N1CCC(C2C[C@H]2CCO)CC1. The quantitative estimate of drug-likeness (QED) is 0.909. The van der Waals surface area contributed by atoms with E-state index in [2.05, 4.69) is 0 Å². The monoisotopic (exact) mass is 303 g/mol. The maximum Gasteiger partial charge on any atom is 0.410 e. The van der Waals surface area contributed by atoms with E-state index in [1.165, 1.54) is 6.42 Å². The van der Waals surface area contributed by atoms with Gasteiger partial charge in [-0.2, -0.15) is 0 Å². The van der Waals surface area contributed by atoms with Crippen LogP contribution >= 0.6 is 0 Å². The van der Waals surface area contributed by atoms with Gasteiger partial charge in [-0.25, -0.2) is 4.79 Å². The van der Waals surface area contributed by atoms with Crippen LogP contribution in [0.3, 0.4) is 0 Å². The number of ether oxygens (including phenoxy) is 1. The Morgan fingerprint density at radius 1 is 1.23 bits per heavy atom. The van der Waals surface area contributed by atoms with Gasteiger partial charge in [-0.1, -0.05) is 30.3 Å². The van der Waals surface area contributed by atoms with Crippen molar-refractivity contribution >= 4 is 6.09 Å². The fourth-order valence-electron chi connectivity index (χ4n) is 3.67. The average Bonchev–Trinajstić information content (AvgIpc) is 3.33. The normalized spacial score (nSPS) is 25.0. The number of piperidine rings is 1. The highest BCUT2D eigenvalue weighted by Gasteiger charge is 2.43. The lowest BCUT2D eigenvalue weighted by Crippen LogP contribution is -2.39. The Balaban J connectivity index is 1.39. The Morgan fingerprint density at radius 2 is 1.95 bits per heavy atom. The van der Waals surface area contributed by atoms with Crippen molar-refractivity contribution in [2.24, 2.45) is 17.8 Å². The molecule has 0 aromatic heterocycles. The second kappa shape index (κ2) is 7.14. The van der Waals surface area contributed by atoms with E-state index in [0.29, 0.717) is 13.2 Å². The summed E-state index contributed by atoms with van der Waals surface area (Å²) in [5.41, 5.74) is 1.02. The molecule has 0 spiro atoms. The number of hydrogen-bond acceptors (Lipinski definition) is 3. The lowest BCUT2D eigenvalue weighted by molar-refractivity contribution is 0.0795. The number of rotatable bonds is 5. The topological polar surface area (TPSA) is 49.8 Å². The average molecular weight is 303 g/mol. The summed E-state index contributed by atoms with van der Waals surface area (Å²) in [5.74, 6) is 2.25. The largest absolute Gasteiger partial charge is 0.445 e. The van der Waals surface area contributed by atoms with Gasteiger partial charge in [0.1, 0.15) is 6.61 Å². The molecule has 1 heterocycles. The zero-order chi connectivity index (χ0) is 15.4.